The lowest BCUT2D eigenvalue weighted by Gasteiger charge is -2.51. The number of β-lactam (4-membered cyclic amide) rings is 1. The number of fused-ring (bicyclic) bond motifs is 1. The fourth-order valence-electron chi connectivity index (χ4n) is 3.12. The Kier molecular flexibility index (Phi) is 5.03. The lowest BCUT2D eigenvalue weighted by atomic mass is 10.0. The molecular formula is C17H19N3O5S. The number of hydrogen-bond donors (Lipinski definition) is 2. The highest BCUT2D eigenvalue weighted by atomic mass is 32.2. The number of carboxylic acid groups (broad SMARTS) is 1. The van der Waals surface area contributed by atoms with Crippen molar-refractivity contribution in [2.75, 3.05) is 12.9 Å². The molecule has 1 saturated heterocycles. The van der Waals surface area contributed by atoms with Crippen molar-refractivity contribution in [3.8, 4) is 0 Å². The van der Waals surface area contributed by atoms with Crippen molar-refractivity contribution in [3.05, 3.63) is 47.2 Å². The van der Waals surface area contributed by atoms with Gasteiger partial charge in [0.1, 0.15) is 17.1 Å². The van der Waals surface area contributed by atoms with Crippen LogP contribution in [0, 0.1) is 0 Å². The Labute approximate surface area is 154 Å². The van der Waals surface area contributed by atoms with Crippen molar-refractivity contribution in [1.29, 1.82) is 0 Å². The number of carbonyl (C=O) groups is 3. The van der Waals surface area contributed by atoms with Crippen LogP contribution in [0.3, 0.4) is 0 Å². The number of carbonyl (C=O) groups excluding carboxylic acids is 2. The van der Waals surface area contributed by atoms with Gasteiger partial charge in [0.25, 0.3) is 11.8 Å². The van der Waals surface area contributed by atoms with E-state index >= 15 is 0 Å². The number of aliphatic carboxylic acids is 1. The molecule has 0 bridgehead atoms. The molecule has 3 N–H and O–H groups in total. The van der Waals surface area contributed by atoms with E-state index in [9.17, 15) is 19.5 Å². The predicted octanol–water partition coefficient (Wildman–Crippen LogP) is 0.719. The highest BCUT2D eigenvalue weighted by molar-refractivity contribution is 8.00. The topological polar surface area (TPSA) is 113 Å². The summed E-state index contributed by atoms with van der Waals surface area (Å²) in [5.74, 6) is -1.74. The molecule has 0 radical (unpaired) electrons. The molecular weight excluding hydrogens is 358 g/mol. The normalized spacial score (nSPS) is 23.2. The lowest BCUT2D eigenvalue weighted by molar-refractivity contribution is -0.209. The second kappa shape index (κ2) is 7.10. The number of thioether (sulfide) groups is 1. The van der Waals surface area contributed by atoms with Gasteiger partial charge in [0.2, 0.25) is 0 Å². The minimum atomic E-state index is -1.16. The summed E-state index contributed by atoms with van der Waals surface area (Å²) in [6.45, 7) is 1.68. The first-order valence-electron chi connectivity index (χ1n) is 7.94. The molecule has 1 aromatic carbocycles. The molecule has 138 valence electrons. The number of benzene rings is 1. The van der Waals surface area contributed by atoms with Crippen molar-refractivity contribution >= 4 is 29.5 Å². The second-order valence-corrected chi connectivity index (χ2v) is 7.13. The maximum absolute atomic E-state index is 12.8. The Balaban J connectivity index is 1.83. The quantitative estimate of drug-likeness (QED) is 0.574. The Bertz CT molecular complexity index is 782. The zero-order chi connectivity index (χ0) is 19.0. The van der Waals surface area contributed by atoms with Crippen LogP contribution in [-0.4, -0.2) is 57.1 Å². The predicted molar refractivity (Wildman–Crippen MR) is 94.4 cm³/mol. The number of rotatable bonds is 5. The number of nitrogens with two attached hydrogens (primary N) is 1. The molecule has 1 aromatic rings. The van der Waals surface area contributed by atoms with Crippen LogP contribution in [0.25, 0.3) is 0 Å². The third-order valence-corrected chi connectivity index (χ3v) is 5.83. The molecule has 9 heteroatoms. The highest BCUT2D eigenvalue weighted by Crippen LogP contribution is 2.42. The van der Waals surface area contributed by atoms with Gasteiger partial charge in [0.05, 0.1) is 7.11 Å². The smallest absolute Gasteiger partial charge is 0.352 e. The number of hydrogen-bond acceptors (Lipinski definition) is 6. The number of amides is 2. The molecule has 0 aliphatic carbocycles. The SMILES string of the molecule is CON(C(=O)C(N)c1ccccc1)C1C(=O)N2C(C(=O)O)=C(C)CS[C@@H]12. The molecule has 26 heavy (non-hydrogen) atoms. The van der Waals surface area contributed by atoms with E-state index in [1.807, 2.05) is 6.07 Å². The number of nitrogens with zero attached hydrogens (tertiary/aromatic N) is 2. The summed E-state index contributed by atoms with van der Waals surface area (Å²) < 4.78 is 0. The minimum absolute atomic E-state index is 0.0224. The summed E-state index contributed by atoms with van der Waals surface area (Å²) in [5.41, 5.74) is 7.23. The summed E-state index contributed by atoms with van der Waals surface area (Å²) in [5, 5.41) is 9.84. The molecule has 3 atom stereocenters. The Morgan fingerprint density at radius 1 is 1.38 bits per heavy atom. The molecule has 1 fully saturated rings. The Morgan fingerprint density at radius 3 is 2.62 bits per heavy atom. The van der Waals surface area contributed by atoms with E-state index in [4.69, 9.17) is 10.6 Å². The molecule has 0 saturated carbocycles. The average molecular weight is 377 g/mol. The standard InChI is InChI=1S/C17H19N3O5S/c1-9-8-26-16-13(15(22)19(16)12(9)17(23)24)20(25-2)14(21)11(18)10-6-4-3-5-7-10/h3-7,11,13,16H,8,18H2,1-2H3,(H,23,24)/t11?,13?,16-/m0/s1. The van der Waals surface area contributed by atoms with E-state index in [2.05, 4.69) is 0 Å². The second-order valence-electron chi connectivity index (χ2n) is 6.02. The van der Waals surface area contributed by atoms with Crippen LogP contribution in [-0.2, 0) is 19.2 Å². The van der Waals surface area contributed by atoms with E-state index in [0.29, 0.717) is 16.9 Å². The summed E-state index contributed by atoms with van der Waals surface area (Å²) in [6.07, 6.45) is 0. The van der Waals surface area contributed by atoms with E-state index in [1.165, 1.54) is 23.8 Å². The molecule has 2 heterocycles. The van der Waals surface area contributed by atoms with Gasteiger partial charge in [-0.2, -0.15) is 0 Å². The van der Waals surface area contributed by atoms with Gasteiger partial charge in [-0.05, 0) is 18.1 Å². The van der Waals surface area contributed by atoms with Crippen molar-refractivity contribution in [2.24, 2.45) is 5.73 Å². The third kappa shape index (κ3) is 2.87. The molecule has 0 spiro atoms. The number of carboxylic acids is 1. The first-order valence-corrected chi connectivity index (χ1v) is 8.98. The molecule has 2 amide bonds. The van der Waals surface area contributed by atoms with E-state index < -0.39 is 35.2 Å². The van der Waals surface area contributed by atoms with Crippen molar-refractivity contribution in [3.63, 3.8) is 0 Å². The summed E-state index contributed by atoms with van der Waals surface area (Å²) in [6, 6.07) is 6.88. The van der Waals surface area contributed by atoms with Crippen LogP contribution in [0.4, 0.5) is 0 Å². The van der Waals surface area contributed by atoms with Gasteiger partial charge in [0, 0.05) is 5.75 Å². The zero-order valence-corrected chi connectivity index (χ0v) is 15.1. The monoisotopic (exact) mass is 377 g/mol. The molecule has 8 nitrogen and oxygen atoms in total. The van der Waals surface area contributed by atoms with Crippen molar-refractivity contribution in [1.82, 2.24) is 9.96 Å². The number of hydroxylamine groups is 2. The van der Waals surface area contributed by atoms with Gasteiger partial charge in [0.15, 0.2) is 6.04 Å². The van der Waals surface area contributed by atoms with Crippen LogP contribution in [0.2, 0.25) is 0 Å². The van der Waals surface area contributed by atoms with Gasteiger partial charge in [-0.1, -0.05) is 30.3 Å². The van der Waals surface area contributed by atoms with Gasteiger partial charge >= 0.3 is 5.97 Å². The summed E-state index contributed by atoms with van der Waals surface area (Å²) in [4.78, 5) is 43.3. The summed E-state index contributed by atoms with van der Waals surface area (Å²) in [7, 11) is 1.29. The zero-order valence-electron chi connectivity index (χ0n) is 14.3. The lowest BCUT2D eigenvalue weighted by Crippen LogP contribution is -2.71. The molecule has 2 aliphatic rings. The van der Waals surface area contributed by atoms with E-state index in [1.54, 1.807) is 31.2 Å². The van der Waals surface area contributed by atoms with Crippen LogP contribution < -0.4 is 5.73 Å². The summed E-state index contributed by atoms with van der Waals surface area (Å²) >= 11 is 1.39. The average Bonchev–Trinajstić information content (AvgIpc) is 2.65. The van der Waals surface area contributed by atoms with Crippen LogP contribution >= 0.6 is 11.8 Å². The van der Waals surface area contributed by atoms with Gasteiger partial charge in [-0.3, -0.25) is 19.3 Å². The molecule has 2 unspecified atom stereocenters. The first kappa shape index (κ1) is 18.4. The van der Waals surface area contributed by atoms with Crippen molar-refractivity contribution in [2.45, 2.75) is 24.4 Å². The van der Waals surface area contributed by atoms with E-state index in [0.717, 1.165) is 5.06 Å². The van der Waals surface area contributed by atoms with Gasteiger partial charge < -0.3 is 10.8 Å². The van der Waals surface area contributed by atoms with Crippen LogP contribution in [0.5, 0.6) is 0 Å². The molecule has 0 aromatic heterocycles. The van der Waals surface area contributed by atoms with Gasteiger partial charge in [-0.25, -0.2) is 9.86 Å². The Morgan fingerprint density at radius 2 is 2.04 bits per heavy atom. The highest BCUT2D eigenvalue weighted by Gasteiger charge is 2.57. The maximum atomic E-state index is 12.8. The fraction of sp³-hybridized carbons (Fsp3) is 0.353. The largest absolute Gasteiger partial charge is 0.477 e. The fourth-order valence-corrected chi connectivity index (χ4v) is 4.44. The third-order valence-electron chi connectivity index (χ3n) is 4.42. The van der Waals surface area contributed by atoms with Crippen LogP contribution in [0.1, 0.15) is 18.5 Å². The minimum Gasteiger partial charge on any atom is -0.477 e. The molecule has 2 aliphatic heterocycles. The van der Waals surface area contributed by atoms with E-state index in [-0.39, 0.29) is 5.70 Å². The van der Waals surface area contributed by atoms with Gasteiger partial charge in [-0.15, -0.1) is 11.8 Å². The van der Waals surface area contributed by atoms with Crippen LogP contribution in [0.15, 0.2) is 41.6 Å². The van der Waals surface area contributed by atoms with Crippen molar-refractivity contribution < 1.29 is 24.3 Å². The maximum Gasteiger partial charge on any atom is 0.352 e. The molecule has 3 rings (SSSR count). The first-order chi connectivity index (χ1) is 12.4. The Hall–Kier alpha value is -2.36.